The second-order valence-electron chi connectivity index (χ2n) is 5.57. The average Bonchev–Trinajstić information content (AvgIpc) is 3.02. The summed E-state index contributed by atoms with van der Waals surface area (Å²) in [6.45, 7) is 0.512. The minimum atomic E-state index is -0.558. The molecule has 3 rings (SSSR count). The van der Waals surface area contributed by atoms with Crippen molar-refractivity contribution in [2.75, 3.05) is 0 Å². The SMILES string of the molecule is OCc1cnc(SCc2c(F)cccc2F)n1CCc1ccccc1. The zero-order valence-electron chi connectivity index (χ0n) is 13.5. The fourth-order valence-corrected chi connectivity index (χ4v) is 3.61. The molecule has 0 spiro atoms. The lowest BCUT2D eigenvalue weighted by atomic mass is 10.1. The van der Waals surface area contributed by atoms with Crippen molar-refractivity contribution in [3.63, 3.8) is 0 Å². The highest BCUT2D eigenvalue weighted by atomic mass is 32.2. The summed E-state index contributed by atoms with van der Waals surface area (Å²) in [6, 6.07) is 13.8. The van der Waals surface area contributed by atoms with Crippen LogP contribution in [-0.2, 0) is 25.3 Å². The number of rotatable bonds is 7. The molecule has 0 fully saturated rings. The first-order valence-corrected chi connectivity index (χ1v) is 8.92. The number of nitrogens with zero attached hydrogens (tertiary/aromatic N) is 2. The largest absolute Gasteiger partial charge is 0.390 e. The Bertz CT molecular complexity index is 816. The summed E-state index contributed by atoms with van der Waals surface area (Å²) >= 11 is 1.26. The van der Waals surface area contributed by atoms with E-state index in [1.165, 1.54) is 35.5 Å². The van der Waals surface area contributed by atoms with Crippen molar-refractivity contribution in [2.24, 2.45) is 0 Å². The van der Waals surface area contributed by atoms with Gasteiger partial charge in [-0.15, -0.1) is 0 Å². The zero-order chi connectivity index (χ0) is 17.6. The van der Waals surface area contributed by atoms with Crippen molar-refractivity contribution in [1.82, 2.24) is 9.55 Å². The van der Waals surface area contributed by atoms with E-state index in [2.05, 4.69) is 4.98 Å². The number of imidazole rings is 1. The van der Waals surface area contributed by atoms with Crippen molar-refractivity contribution >= 4 is 11.8 Å². The lowest BCUT2D eigenvalue weighted by molar-refractivity contribution is 0.269. The van der Waals surface area contributed by atoms with E-state index in [0.717, 1.165) is 6.42 Å². The summed E-state index contributed by atoms with van der Waals surface area (Å²) in [5.41, 5.74) is 1.90. The fourth-order valence-electron chi connectivity index (χ4n) is 2.57. The van der Waals surface area contributed by atoms with Crippen LogP contribution in [0.25, 0.3) is 0 Å². The van der Waals surface area contributed by atoms with Gasteiger partial charge in [-0.2, -0.15) is 0 Å². The van der Waals surface area contributed by atoms with Crippen LogP contribution in [0, 0.1) is 11.6 Å². The summed E-state index contributed by atoms with van der Waals surface area (Å²) in [5.74, 6) is -0.972. The van der Waals surface area contributed by atoms with Gasteiger partial charge in [0.05, 0.1) is 18.5 Å². The van der Waals surface area contributed by atoms with Crippen molar-refractivity contribution in [3.8, 4) is 0 Å². The average molecular weight is 360 g/mol. The molecule has 2 aromatic carbocycles. The van der Waals surface area contributed by atoms with Crippen LogP contribution >= 0.6 is 11.8 Å². The van der Waals surface area contributed by atoms with Gasteiger partial charge >= 0.3 is 0 Å². The minimum Gasteiger partial charge on any atom is -0.390 e. The number of hydrogen-bond donors (Lipinski definition) is 1. The Morgan fingerprint density at radius 3 is 2.40 bits per heavy atom. The van der Waals surface area contributed by atoms with Gasteiger partial charge in [0.15, 0.2) is 5.16 Å². The molecule has 3 aromatic rings. The number of hydrogen-bond acceptors (Lipinski definition) is 3. The van der Waals surface area contributed by atoms with Crippen molar-refractivity contribution in [3.05, 3.63) is 83.2 Å². The minimum absolute atomic E-state index is 0.0376. The quantitative estimate of drug-likeness (QED) is 0.642. The molecule has 0 aliphatic rings. The molecule has 3 nitrogen and oxygen atoms in total. The molecule has 0 aliphatic heterocycles. The van der Waals surface area contributed by atoms with E-state index in [-0.39, 0.29) is 17.9 Å². The molecule has 6 heteroatoms. The Hall–Kier alpha value is -2.18. The summed E-state index contributed by atoms with van der Waals surface area (Å²) in [7, 11) is 0. The summed E-state index contributed by atoms with van der Waals surface area (Å²) in [4.78, 5) is 4.29. The first-order chi connectivity index (χ1) is 12.2. The van der Waals surface area contributed by atoms with E-state index >= 15 is 0 Å². The lowest BCUT2D eigenvalue weighted by Crippen LogP contribution is -2.07. The van der Waals surface area contributed by atoms with Crippen LogP contribution in [0.1, 0.15) is 16.8 Å². The summed E-state index contributed by atoms with van der Waals surface area (Å²) in [6.07, 6.45) is 2.39. The molecule has 0 atom stereocenters. The number of aromatic nitrogens is 2. The van der Waals surface area contributed by atoms with Crippen LogP contribution in [0.3, 0.4) is 0 Å². The Morgan fingerprint density at radius 2 is 1.72 bits per heavy atom. The van der Waals surface area contributed by atoms with Gasteiger partial charge in [0.2, 0.25) is 0 Å². The topological polar surface area (TPSA) is 38.1 Å². The van der Waals surface area contributed by atoms with E-state index in [4.69, 9.17) is 0 Å². The van der Waals surface area contributed by atoms with Crippen LogP contribution < -0.4 is 0 Å². The van der Waals surface area contributed by atoms with Gasteiger partial charge < -0.3 is 9.67 Å². The smallest absolute Gasteiger partial charge is 0.168 e. The van der Waals surface area contributed by atoms with Gasteiger partial charge in [-0.25, -0.2) is 13.8 Å². The number of aliphatic hydroxyl groups is 1. The van der Waals surface area contributed by atoms with Gasteiger partial charge in [0.1, 0.15) is 11.6 Å². The summed E-state index contributed by atoms with van der Waals surface area (Å²) < 4.78 is 29.4. The predicted octanol–water partition coefficient (Wildman–Crippen LogP) is 4.19. The second kappa shape index (κ2) is 8.27. The lowest BCUT2D eigenvalue weighted by Gasteiger charge is -2.11. The van der Waals surface area contributed by atoms with Crippen LogP contribution in [0.2, 0.25) is 0 Å². The molecule has 25 heavy (non-hydrogen) atoms. The van der Waals surface area contributed by atoms with Crippen LogP contribution in [-0.4, -0.2) is 14.7 Å². The highest BCUT2D eigenvalue weighted by molar-refractivity contribution is 7.98. The third-order valence-electron chi connectivity index (χ3n) is 3.94. The maximum absolute atomic E-state index is 13.8. The number of benzene rings is 2. The van der Waals surface area contributed by atoms with Crippen LogP contribution in [0.5, 0.6) is 0 Å². The van der Waals surface area contributed by atoms with Crippen molar-refractivity contribution in [2.45, 2.75) is 30.5 Å². The van der Waals surface area contributed by atoms with Gasteiger partial charge in [0.25, 0.3) is 0 Å². The molecule has 0 saturated carbocycles. The monoisotopic (exact) mass is 360 g/mol. The molecule has 0 bridgehead atoms. The normalized spacial score (nSPS) is 11.0. The molecule has 1 N–H and O–H groups in total. The van der Waals surface area contributed by atoms with Crippen molar-refractivity contribution in [1.29, 1.82) is 0 Å². The Kier molecular flexibility index (Phi) is 5.83. The predicted molar refractivity (Wildman–Crippen MR) is 94.2 cm³/mol. The van der Waals surface area contributed by atoms with E-state index in [1.807, 2.05) is 34.9 Å². The van der Waals surface area contributed by atoms with Crippen LogP contribution in [0.4, 0.5) is 8.78 Å². The molecule has 0 aliphatic carbocycles. The standard InChI is InChI=1S/C19H18F2N2OS/c20-17-7-4-8-18(21)16(17)13-25-19-22-11-15(12-24)23(19)10-9-14-5-2-1-3-6-14/h1-8,11,24H,9-10,12-13H2. The second-order valence-corrected chi connectivity index (χ2v) is 6.51. The molecule has 0 radical (unpaired) electrons. The molecule has 0 saturated heterocycles. The zero-order valence-corrected chi connectivity index (χ0v) is 14.3. The highest BCUT2D eigenvalue weighted by Crippen LogP contribution is 2.26. The van der Waals surface area contributed by atoms with Gasteiger partial charge in [0, 0.05) is 17.9 Å². The fraction of sp³-hybridized carbons (Fsp3) is 0.211. The molecular weight excluding hydrogens is 342 g/mol. The van der Waals surface area contributed by atoms with E-state index < -0.39 is 11.6 Å². The molecule has 130 valence electrons. The molecular formula is C19H18F2N2OS. The summed E-state index contributed by atoms with van der Waals surface area (Å²) in [5, 5.41) is 10.2. The van der Waals surface area contributed by atoms with Crippen molar-refractivity contribution < 1.29 is 13.9 Å². The van der Waals surface area contributed by atoms with Crippen LogP contribution in [0.15, 0.2) is 59.9 Å². The highest BCUT2D eigenvalue weighted by Gasteiger charge is 2.14. The molecule has 0 unspecified atom stereocenters. The maximum atomic E-state index is 13.8. The number of thioether (sulfide) groups is 1. The Morgan fingerprint density at radius 1 is 1.00 bits per heavy atom. The maximum Gasteiger partial charge on any atom is 0.168 e. The Balaban J connectivity index is 1.74. The van der Waals surface area contributed by atoms with Gasteiger partial charge in [-0.05, 0) is 24.1 Å². The van der Waals surface area contributed by atoms with Gasteiger partial charge in [-0.1, -0.05) is 48.2 Å². The van der Waals surface area contributed by atoms with E-state index in [9.17, 15) is 13.9 Å². The van der Waals surface area contributed by atoms with E-state index in [1.54, 1.807) is 6.20 Å². The number of aryl methyl sites for hydroxylation is 1. The molecule has 1 heterocycles. The first kappa shape index (κ1) is 17.6. The van der Waals surface area contributed by atoms with Gasteiger partial charge in [-0.3, -0.25) is 0 Å². The number of halogens is 2. The first-order valence-electron chi connectivity index (χ1n) is 7.94. The third kappa shape index (κ3) is 4.27. The third-order valence-corrected chi connectivity index (χ3v) is 4.95. The molecule has 0 amide bonds. The Labute approximate surface area is 149 Å². The number of aliphatic hydroxyl groups excluding tert-OH is 1. The molecule has 1 aromatic heterocycles. The van der Waals surface area contributed by atoms with E-state index in [0.29, 0.717) is 17.4 Å².